The van der Waals surface area contributed by atoms with Gasteiger partial charge in [-0.25, -0.2) is 0 Å². The van der Waals surface area contributed by atoms with Crippen LogP contribution >= 0.6 is 0 Å². The molecule has 0 aromatic carbocycles. The molecule has 5 nitrogen and oxygen atoms in total. The van der Waals surface area contributed by atoms with Crippen LogP contribution in [0.2, 0.25) is 0 Å². The summed E-state index contributed by atoms with van der Waals surface area (Å²) in [7, 11) is 0. The largest absolute Gasteiger partial charge is 0.355 e. The molecule has 0 spiro atoms. The van der Waals surface area contributed by atoms with Gasteiger partial charge >= 0.3 is 0 Å². The first kappa shape index (κ1) is 15.7. The van der Waals surface area contributed by atoms with Gasteiger partial charge in [-0.3, -0.25) is 9.48 Å². The Labute approximate surface area is 115 Å². The van der Waals surface area contributed by atoms with Crippen molar-refractivity contribution < 1.29 is 4.79 Å². The highest BCUT2D eigenvalue weighted by atomic mass is 16.1. The number of aryl methyl sites for hydroxylation is 3. The van der Waals surface area contributed by atoms with E-state index in [1.807, 2.05) is 11.6 Å². The number of amides is 1. The van der Waals surface area contributed by atoms with Crippen LogP contribution < -0.4 is 10.6 Å². The highest BCUT2D eigenvalue weighted by Gasteiger charge is 2.02. The molecule has 2 N–H and O–H groups in total. The van der Waals surface area contributed by atoms with E-state index in [2.05, 4.69) is 42.6 Å². The number of rotatable bonds is 8. The van der Waals surface area contributed by atoms with E-state index in [9.17, 15) is 4.79 Å². The minimum absolute atomic E-state index is 0.0693. The maximum absolute atomic E-state index is 11.4. The van der Waals surface area contributed by atoms with Crippen molar-refractivity contribution in [1.29, 1.82) is 0 Å². The molecule has 0 radical (unpaired) electrons. The number of carbonyl (C=O) groups excluding carboxylic acids is 1. The fourth-order valence-electron chi connectivity index (χ4n) is 1.84. The summed E-state index contributed by atoms with van der Waals surface area (Å²) in [5.74, 6) is 0.565. The molecule has 0 bridgehead atoms. The van der Waals surface area contributed by atoms with E-state index < -0.39 is 0 Å². The molecule has 0 fully saturated rings. The van der Waals surface area contributed by atoms with Gasteiger partial charge in [0.05, 0.1) is 12.2 Å². The first-order valence-electron chi connectivity index (χ1n) is 6.97. The molecule has 1 amide bonds. The average Bonchev–Trinajstić information content (AvgIpc) is 2.65. The van der Waals surface area contributed by atoms with Gasteiger partial charge in [0.15, 0.2) is 0 Å². The molecule has 0 aliphatic rings. The number of hydrogen-bond donors (Lipinski definition) is 2. The van der Waals surface area contributed by atoms with E-state index >= 15 is 0 Å². The zero-order valence-corrected chi connectivity index (χ0v) is 12.5. The molecule has 1 aromatic rings. The standard InChI is InChI=1S/C14H26N4O/c1-11(2)9-16-14(19)10-15-6-5-7-18-13(4)8-12(3)17-18/h8,11,15H,5-7,9-10H2,1-4H3,(H,16,19). The molecule has 108 valence electrons. The summed E-state index contributed by atoms with van der Waals surface area (Å²) in [6, 6.07) is 2.08. The lowest BCUT2D eigenvalue weighted by molar-refractivity contribution is -0.120. The number of carbonyl (C=O) groups is 1. The highest BCUT2D eigenvalue weighted by molar-refractivity contribution is 5.77. The first-order valence-corrected chi connectivity index (χ1v) is 6.97. The van der Waals surface area contributed by atoms with E-state index in [1.54, 1.807) is 0 Å². The molecule has 0 aliphatic carbocycles. The second kappa shape index (κ2) is 7.94. The molecular weight excluding hydrogens is 240 g/mol. The van der Waals surface area contributed by atoms with Crippen molar-refractivity contribution in [2.75, 3.05) is 19.6 Å². The van der Waals surface area contributed by atoms with Crippen LogP contribution in [0.4, 0.5) is 0 Å². The fraction of sp³-hybridized carbons (Fsp3) is 0.714. The predicted molar refractivity (Wildman–Crippen MR) is 77.0 cm³/mol. The lowest BCUT2D eigenvalue weighted by atomic mass is 10.2. The third kappa shape index (κ3) is 6.38. The van der Waals surface area contributed by atoms with E-state index in [-0.39, 0.29) is 5.91 Å². The number of nitrogens with zero attached hydrogens (tertiary/aromatic N) is 2. The van der Waals surface area contributed by atoms with Crippen LogP contribution in [0, 0.1) is 19.8 Å². The van der Waals surface area contributed by atoms with Crippen LogP contribution in [0.1, 0.15) is 31.7 Å². The molecule has 19 heavy (non-hydrogen) atoms. The van der Waals surface area contributed by atoms with Gasteiger partial charge in [-0.2, -0.15) is 5.10 Å². The summed E-state index contributed by atoms with van der Waals surface area (Å²) >= 11 is 0. The lowest BCUT2D eigenvalue weighted by Gasteiger charge is -2.09. The van der Waals surface area contributed by atoms with Crippen molar-refractivity contribution in [2.45, 2.75) is 40.7 Å². The van der Waals surface area contributed by atoms with Gasteiger partial charge in [0.1, 0.15) is 0 Å². The molecule has 0 unspecified atom stereocenters. The molecule has 0 atom stereocenters. The summed E-state index contributed by atoms with van der Waals surface area (Å²) in [6.07, 6.45) is 0.972. The maximum atomic E-state index is 11.4. The zero-order valence-electron chi connectivity index (χ0n) is 12.5. The topological polar surface area (TPSA) is 59.0 Å². The second-order valence-corrected chi connectivity index (χ2v) is 5.38. The van der Waals surface area contributed by atoms with Gasteiger partial charge in [0, 0.05) is 18.8 Å². The van der Waals surface area contributed by atoms with Gasteiger partial charge < -0.3 is 10.6 Å². The molecule has 1 rings (SSSR count). The minimum Gasteiger partial charge on any atom is -0.355 e. The number of hydrogen-bond acceptors (Lipinski definition) is 3. The Kier molecular flexibility index (Phi) is 6.56. The number of aromatic nitrogens is 2. The van der Waals surface area contributed by atoms with Crippen LogP contribution in [0.15, 0.2) is 6.07 Å². The summed E-state index contributed by atoms with van der Waals surface area (Å²) in [4.78, 5) is 11.4. The first-order chi connectivity index (χ1) is 8.99. The Morgan fingerprint density at radius 2 is 2.16 bits per heavy atom. The molecule has 1 aromatic heterocycles. The monoisotopic (exact) mass is 266 g/mol. The molecule has 5 heteroatoms. The third-order valence-corrected chi connectivity index (χ3v) is 2.82. The van der Waals surface area contributed by atoms with Crippen molar-refractivity contribution in [3.8, 4) is 0 Å². The van der Waals surface area contributed by atoms with Crippen molar-refractivity contribution >= 4 is 5.91 Å². The SMILES string of the molecule is Cc1cc(C)n(CCCNCC(=O)NCC(C)C)n1. The van der Waals surface area contributed by atoms with Gasteiger partial charge in [0.25, 0.3) is 0 Å². The van der Waals surface area contributed by atoms with Gasteiger partial charge in [-0.05, 0) is 38.8 Å². The Balaban J connectivity index is 2.08. The van der Waals surface area contributed by atoms with Crippen LogP contribution in [0.3, 0.4) is 0 Å². The Hall–Kier alpha value is -1.36. The van der Waals surface area contributed by atoms with Gasteiger partial charge in [-0.15, -0.1) is 0 Å². The Morgan fingerprint density at radius 3 is 2.74 bits per heavy atom. The molecular formula is C14H26N4O. The molecule has 0 saturated heterocycles. The molecule has 0 aliphatic heterocycles. The summed E-state index contributed by atoms with van der Waals surface area (Å²) in [6.45, 7) is 11.1. The van der Waals surface area contributed by atoms with Gasteiger partial charge in [0.2, 0.25) is 5.91 Å². The predicted octanol–water partition coefficient (Wildman–Crippen LogP) is 1.25. The minimum atomic E-state index is 0.0693. The second-order valence-electron chi connectivity index (χ2n) is 5.38. The van der Waals surface area contributed by atoms with E-state index in [1.165, 1.54) is 5.69 Å². The van der Waals surface area contributed by atoms with Crippen LogP contribution in [0.25, 0.3) is 0 Å². The smallest absolute Gasteiger partial charge is 0.233 e. The van der Waals surface area contributed by atoms with E-state index in [0.717, 1.165) is 31.7 Å². The maximum Gasteiger partial charge on any atom is 0.233 e. The zero-order chi connectivity index (χ0) is 14.3. The highest BCUT2D eigenvalue weighted by Crippen LogP contribution is 2.01. The van der Waals surface area contributed by atoms with E-state index in [4.69, 9.17) is 0 Å². The van der Waals surface area contributed by atoms with Crippen molar-refractivity contribution in [3.63, 3.8) is 0 Å². The number of nitrogens with one attached hydrogen (secondary N) is 2. The lowest BCUT2D eigenvalue weighted by Crippen LogP contribution is -2.36. The van der Waals surface area contributed by atoms with Gasteiger partial charge in [-0.1, -0.05) is 13.8 Å². The quantitative estimate of drug-likeness (QED) is 0.696. The Bertz CT molecular complexity index is 398. The molecule has 0 saturated carbocycles. The van der Waals surface area contributed by atoms with Crippen molar-refractivity contribution in [3.05, 3.63) is 17.5 Å². The van der Waals surface area contributed by atoms with E-state index in [0.29, 0.717) is 12.5 Å². The fourth-order valence-corrected chi connectivity index (χ4v) is 1.84. The van der Waals surface area contributed by atoms with Crippen LogP contribution in [0.5, 0.6) is 0 Å². The normalized spacial score (nSPS) is 11.0. The third-order valence-electron chi connectivity index (χ3n) is 2.82. The van der Waals surface area contributed by atoms with Crippen LogP contribution in [-0.4, -0.2) is 35.3 Å². The molecule has 1 heterocycles. The summed E-state index contributed by atoms with van der Waals surface area (Å²) < 4.78 is 2.01. The van der Waals surface area contributed by atoms with Crippen LogP contribution in [-0.2, 0) is 11.3 Å². The van der Waals surface area contributed by atoms with Crippen molar-refractivity contribution in [1.82, 2.24) is 20.4 Å². The summed E-state index contributed by atoms with van der Waals surface area (Å²) in [5, 5.41) is 10.4. The van der Waals surface area contributed by atoms with Crippen molar-refractivity contribution in [2.24, 2.45) is 5.92 Å². The Morgan fingerprint density at radius 1 is 1.42 bits per heavy atom. The summed E-state index contributed by atoms with van der Waals surface area (Å²) in [5.41, 5.74) is 2.24. The average molecular weight is 266 g/mol.